The number of hydrogen-bond acceptors (Lipinski definition) is 3. The molecule has 0 aromatic heterocycles. The molecule has 1 fully saturated rings. The number of hydrogen-bond donors (Lipinski definition) is 1. The second-order valence-corrected chi connectivity index (χ2v) is 6.65. The van der Waals surface area contributed by atoms with Crippen LogP contribution in [0.15, 0.2) is 33.8 Å². The minimum Gasteiger partial charge on any atom is -0.362 e. The highest BCUT2D eigenvalue weighted by Crippen LogP contribution is 2.48. The molecule has 1 amide bonds. The molecule has 124 valence electrons. The van der Waals surface area contributed by atoms with Crippen molar-refractivity contribution < 1.29 is 23.1 Å². The quantitative estimate of drug-likeness (QED) is 0.794. The first-order valence-corrected chi connectivity index (χ1v) is 8.01. The van der Waals surface area contributed by atoms with Crippen molar-refractivity contribution in [3.8, 4) is 0 Å². The topological polar surface area (TPSA) is 52.9 Å². The van der Waals surface area contributed by atoms with Gasteiger partial charge in [-0.25, -0.2) is 0 Å². The standard InChI is InChI=1S/C15H14BrF3N2O2/c16-10-7-5-9(6-8-10)13(22)21-14(23,15(17,18)19)11-3-1-2-4-12(11)20-21/h5-8,11,23H,1-4H2/t11-,14+/m0/s1. The van der Waals surface area contributed by atoms with Gasteiger partial charge in [0, 0.05) is 15.7 Å². The molecule has 4 nitrogen and oxygen atoms in total. The van der Waals surface area contributed by atoms with E-state index in [1.165, 1.54) is 12.1 Å². The molecule has 2 atom stereocenters. The minimum atomic E-state index is -4.98. The lowest BCUT2D eigenvalue weighted by atomic mass is 9.80. The lowest BCUT2D eigenvalue weighted by Crippen LogP contribution is -2.61. The molecular weight excluding hydrogens is 377 g/mol. The Bertz CT molecular complexity index is 660. The summed E-state index contributed by atoms with van der Waals surface area (Å²) >= 11 is 3.20. The zero-order valence-corrected chi connectivity index (χ0v) is 13.6. The zero-order valence-electron chi connectivity index (χ0n) is 12.0. The van der Waals surface area contributed by atoms with Crippen LogP contribution in [-0.2, 0) is 0 Å². The second kappa shape index (κ2) is 5.59. The number of amides is 1. The van der Waals surface area contributed by atoms with Crippen molar-refractivity contribution in [1.29, 1.82) is 0 Å². The summed E-state index contributed by atoms with van der Waals surface area (Å²) in [5.74, 6) is -2.14. The number of benzene rings is 1. The van der Waals surface area contributed by atoms with Gasteiger partial charge in [-0.2, -0.15) is 23.3 Å². The van der Waals surface area contributed by atoms with Crippen LogP contribution >= 0.6 is 15.9 Å². The number of carbonyl (C=O) groups excluding carboxylic acids is 1. The Hall–Kier alpha value is -1.41. The number of aliphatic hydroxyl groups is 1. The molecule has 23 heavy (non-hydrogen) atoms. The summed E-state index contributed by atoms with van der Waals surface area (Å²) in [6, 6.07) is 5.89. The van der Waals surface area contributed by atoms with Crippen molar-refractivity contribution in [2.45, 2.75) is 37.6 Å². The van der Waals surface area contributed by atoms with Crippen molar-refractivity contribution in [2.75, 3.05) is 0 Å². The normalized spacial score (nSPS) is 27.6. The SMILES string of the molecule is O=C(c1ccc(Br)cc1)N1N=C2CCCC[C@@H]2[C@@]1(O)C(F)(F)F. The fourth-order valence-corrected chi connectivity index (χ4v) is 3.40. The molecule has 1 heterocycles. The Balaban J connectivity index is 2.03. The van der Waals surface area contributed by atoms with Gasteiger partial charge in [0.25, 0.3) is 11.6 Å². The van der Waals surface area contributed by atoms with Crippen LogP contribution in [-0.4, -0.2) is 33.6 Å². The maximum atomic E-state index is 13.6. The number of carbonyl (C=O) groups is 1. The fraction of sp³-hybridized carbons (Fsp3) is 0.467. The second-order valence-electron chi connectivity index (χ2n) is 5.74. The van der Waals surface area contributed by atoms with E-state index in [0.717, 1.165) is 0 Å². The number of rotatable bonds is 1. The number of fused-ring (bicyclic) bond motifs is 1. The molecule has 1 aromatic carbocycles. The van der Waals surface area contributed by atoms with Crippen molar-refractivity contribution in [3.05, 3.63) is 34.3 Å². The smallest absolute Gasteiger partial charge is 0.362 e. The van der Waals surface area contributed by atoms with Crippen molar-refractivity contribution in [2.24, 2.45) is 11.0 Å². The van der Waals surface area contributed by atoms with Gasteiger partial charge in [0.05, 0.1) is 5.92 Å². The first-order chi connectivity index (χ1) is 10.7. The van der Waals surface area contributed by atoms with Crippen LogP contribution < -0.4 is 0 Å². The van der Waals surface area contributed by atoms with E-state index < -0.39 is 23.7 Å². The van der Waals surface area contributed by atoms with Gasteiger partial charge in [0.15, 0.2) is 0 Å². The summed E-state index contributed by atoms with van der Waals surface area (Å²) < 4.78 is 41.4. The predicted molar refractivity (Wildman–Crippen MR) is 80.7 cm³/mol. The van der Waals surface area contributed by atoms with Crippen LogP contribution in [0, 0.1) is 5.92 Å². The molecular formula is C15H14BrF3N2O2. The average Bonchev–Trinajstić information content (AvgIpc) is 2.82. The monoisotopic (exact) mass is 390 g/mol. The van der Waals surface area contributed by atoms with Crippen LogP contribution in [0.3, 0.4) is 0 Å². The molecule has 3 rings (SSSR count). The maximum absolute atomic E-state index is 13.6. The summed E-state index contributed by atoms with van der Waals surface area (Å²) in [6.07, 6.45) is -3.16. The van der Waals surface area contributed by atoms with Gasteiger partial charge < -0.3 is 5.11 Å². The number of nitrogens with zero attached hydrogens (tertiary/aromatic N) is 2. The van der Waals surface area contributed by atoms with Gasteiger partial charge in [-0.3, -0.25) is 4.79 Å². The molecule has 0 bridgehead atoms. The number of hydrazone groups is 1. The Morgan fingerprint density at radius 2 is 1.96 bits per heavy atom. The molecule has 1 aliphatic carbocycles. The van der Waals surface area contributed by atoms with Crippen molar-refractivity contribution >= 4 is 27.5 Å². The highest BCUT2D eigenvalue weighted by molar-refractivity contribution is 9.10. The Kier molecular flexibility index (Phi) is 4.00. The van der Waals surface area contributed by atoms with Crippen LogP contribution in [0.5, 0.6) is 0 Å². The minimum absolute atomic E-state index is 0.0406. The third-order valence-corrected chi connectivity index (χ3v) is 4.84. The molecule has 8 heteroatoms. The fourth-order valence-electron chi connectivity index (χ4n) is 3.13. The average molecular weight is 391 g/mol. The summed E-state index contributed by atoms with van der Waals surface area (Å²) in [6.45, 7) is 0. The first kappa shape index (κ1) is 16.4. The summed E-state index contributed by atoms with van der Waals surface area (Å²) in [7, 11) is 0. The third-order valence-electron chi connectivity index (χ3n) is 4.32. The third kappa shape index (κ3) is 2.57. The summed E-state index contributed by atoms with van der Waals surface area (Å²) in [4.78, 5) is 12.5. The van der Waals surface area contributed by atoms with Gasteiger partial charge in [-0.05, 0) is 43.5 Å². The summed E-state index contributed by atoms with van der Waals surface area (Å²) in [5, 5.41) is 14.5. The lowest BCUT2D eigenvalue weighted by molar-refractivity contribution is -0.312. The number of halogens is 4. The molecule has 0 unspecified atom stereocenters. The van der Waals surface area contributed by atoms with Crippen molar-refractivity contribution in [1.82, 2.24) is 5.01 Å². The van der Waals surface area contributed by atoms with E-state index in [4.69, 9.17) is 0 Å². The molecule has 0 saturated heterocycles. The van der Waals surface area contributed by atoms with Gasteiger partial charge in [-0.15, -0.1) is 0 Å². The molecule has 0 spiro atoms. The van der Waals surface area contributed by atoms with Crippen molar-refractivity contribution in [3.63, 3.8) is 0 Å². The predicted octanol–water partition coefficient (Wildman–Crippen LogP) is 3.70. The highest BCUT2D eigenvalue weighted by Gasteiger charge is 2.68. The Morgan fingerprint density at radius 1 is 1.30 bits per heavy atom. The Labute approximate surface area is 139 Å². The van der Waals surface area contributed by atoms with E-state index in [2.05, 4.69) is 21.0 Å². The van der Waals surface area contributed by atoms with E-state index >= 15 is 0 Å². The van der Waals surface area contributed by atoms with E-state index in [1.807, 2.05) is 0 Å². The van der Waals surface area contributed by atoms with Gasteiger partial charge in [0.1, 0.15) is 0 Å². The highest BCUT2D eigenvalue weighted by atomic mass is 79.9. The van der Waals surface area contributed by atoms with Crippen LogP contribution in [0.1, 0.15) is 36.0 Å². The first-order valence-electron chi connectivity index (χ1n) is 7.21. The van der Waals surface area contributed by atoms with Gasteiger partial charge in [0.2, 0.25) is 0 Å². The largest absolute Gasteiger partial charge is 0.439 e. The lowest BCUT2D eigenvalue weighted by Gasteiger charge is -2.38. The summed E-state index contributed by atoms with van der Waals surface area (Å²) in [5.41, 5.74) is -2.98. The van der Waals surface area contributed by atoms with Crippen LogP contribution in [0.2, 0.25) is 0 Å². The van der Waals surface area contributed by atoms with E-state index in [9.17, 15) is 23.1 Å². The molecule has 2 aliphatic rings. The zero-order chi connectivity index (χ0) is 16.8. The molecule has 1 aromatic rings. The molecule has 0 radical (unpaired) electrons. The Morgan fingerprint density at radius 3 is 2.57 bits per heavy atom. The van der Waals surface area contributed by atoms with Crippen LogP contribution in [0.4, 0.5) is 13.2 Å². The van der Waals surface area contributed by atoms with Crippen LogP contribution in [0.25, 0.3) is 0 Å². The van der Waals surface area contributed by atoms with E-state index in [0.29, 0.717) is 23.7 Å². The van der Waals surface area contributed by atoms with Gasteiger partial charge >= 0.3 is 6.18 Å². The number of alkyl halides is 3. The molecule has 1 N–H and O–H groups in total. The van der Waals surface area contributed by atoms with E-state index in [-0.39, 0.29) is 22.7 Å². The van der Waals surface area contributed by atoms with Gasteiger partial charge in [-0.1, -0.05) is 22.4 Å². The van der Waals surface area contributed by atoms with E-state index in [1.54, 1.807) is 12.1 Å². The molecule has 1 aliphatic heterocycles. The molecule has 1 saturated carbocycles. The maximum Gasteiger partial charge on any atom is 0.439 e.